The SMILES string of the molecule is COc1ccc(/C=C/C(=O)NC(C)c2ccc(C)o2)c(OC)c1. The number of benzene rings is 1. The molecule has 0 bridgehead atoms. The van der Waals surface area contributed by atoms with Crippen molar-refractivity contribution in [3.05, 3.63) is 53.5 Å². The number of aryl methyl sites for hydroxylation is 1. The standard InChI is InChI=1S/C18H21NO4/c1-12-5-9-16(23-12)13(2)19-18(20)10-7-14-6-8-15(21-3)11-17(14)22-4/h5-11,13H,1-4H3,(H,19,20)/b10-7+. The summed E-state index contributed by atoms with van der Waals surface area (Å²) in [4.78, 5) is 12.0. The first-order chi connectivity index (χ1) is 11.0. The highest BCUT2D eigenvalue weighted by Gasteiger charge is 2.11. The Bertz CT molecular complexity index is 703. The Morgan fingerprint density at radius 2 is 2.00 bits per heavy atom. The topological polar surface area (TPSA) is 60.7 Å². The van der Waals surface area contributed by atoms with Gasteiger partial charge < -0.3 is 19.2 Å². The van der Waals surface area contributed by atoms with Gasteiger partial charge in [0.05, 0.1) is 20.3 Å². The second-order valence-corrected chi connectivity index (χ2v) is 5.12. The van der Waals surface area contributed by atoms with Crippen LogP contribution >= 0.6 is 0 Å². The van der Waals surface area contributed by atoms with Crippen LogP contribution in [0.2, 0.25) is 0 Å². The summed E-state index contributed by atoms with van der Waals surface area (Å²) in [6.45, 7) is 3.74. The van der Waals surface area contributed by atoms with Crippen molar-refractivity contribution >= 4 is 12.0 Å². The summed E-state index contributed by atoms with van der Waals surface area (Å²) in [6, 6.07) is 8.95. The van der Waals surface area contributed by atoms with Crippen LogP contribution in [0, 0.1) is 6.92 Å². The average Bonchev–Trinajstić information content (AvgIpc) is 2.99. The predicted molar refractivity (Wildman–Crippen MR) is 88.6 cm³/mol. The molecule has 0 radical (unpaired) electrons. The molecule has 122 valence electrons. The van der Waals surface area contributed by atoms with E-state index < -0.39 is 0 Å². The molecule has 23 heavy (non-hydrogen) atoms. The zero-order chi connectivity index (χ0) is 16.8. The van der Waals surface area contributed by atoms with E-state index in [9.17, 15) is 4.79 Å². The van der Waals surface area contributed by atoms with Gasteiger partial charge in [0.15, 0.2) is 0 Å². The predicted octanol–water partition coefficient (Wildman–Crippen LogP) is 3.50. The molecule has 0 aliphatic rings. The van der Waals surface area contributed by atoms with Crippen LogP contribution in [0.25, 0.3) is 6.08 Å². The van der Waals surface area contributed by atoms with E-state index in [1.807, 2.05) is 38.1 Å². The Morgan fingerprint density at radius 3 is 2.61 bits per heavy atom. The molecule has 1 unspecified atom stereocenters. The molecule has 1 amide bonds. The number of hydrogen-bond acceptors (Lipinski definition) is 4. The maximum Gasteiger partial charge on any atom is 0.244 e. The van der Waals surface area contributed by atoms with Crippen molar-refractivity contribution in [3.63, 3.8) is 0 Å². The second-order valence-electron chi connectivity index (χ2n) is 5.12. The summed E-state index contributed by atoms with van der Waals surface area (Å²) in [6.07, 6.45) is 3.17. The van der Waals surface area contributed by atoms with Gasteiger partial charge in [-0.1, -0.05) is 0 Å². The van der Waals surface area contributed by atoms with Crippen LogP contribution < -0.4 is 14.8 Å². The molecule has 0 aliphatic carbocycles. The third-order valence-corrected chi connectivity index (χ3v) is 3.40. The summed E-state index contributed by atoms with van der Waals surface area (Å²) in [5.41, 5.74) is 0.796. The highest BCUT2D eigenvalue weighted by atomic mass is 16.5. The van der Waals surface area contributed by atoms with E-state index in [2.05, 4.69) is 5.32 Å². The third-order valence-electron chi connectivity index (χ3n) is 3.40. The lowest BCUT2D eigenvalue weighted by Gasteiger charge is -2.10. The maximum atomic E-state index is 12.0. The first-order valence-corrected chi connectivity index (χ1v) is 7.30. The van der Waals surface area contributed by atoms with Gasteiger partial charge in [0.1, 0.15) is 23.0 Å². The van der Waals surface area contributed by atoms with Crippen molar-refractivity contribution in [1.29, 1.82) is 0 Å². The molecule has 0 spiro atoms. The van der Waals surface area contributed by atoms with E-state index >= 15 is 0 Å². The highest BCUT2D eigenvalue weighted by Crippen LogP contribution is 2.25. The summed E-state index contributed by atoms with van der Waals surface area (Å²) >= 11 is 0. The molecule has 0 fully saturated rings. The summed E-state index contributed by atoms with van der Waals surface area (Å²) in [7, 11) is 3.17. The molecule has 1 heterocycles. The molecule has 5 heteroatoms. The molecule has 2 rings (SSSR count). The van der Waals surface area contributed by atoms with Crippen LogP contribution in [0.4, 0.5) is 0 Å². The Labute approximate surface area is 135 Å². The third kappa shape index (κ3) is 4.39. The Kier molecular flexibility index (Phi) is 5.46. The van der Waals surface area contributed by atoms with E-state index in [0.717, 1.165) is 17.1 Å². The number of nitrogens with one attached hydrogen (secondary N) is 1. The fourth-order valence-electron chi connectivity index (χ4n) is 2.14. The molecule has 0 saturated carbocycles. The fourth-order valence-corrected chi connectivity index (χ4v) is 2.14. The minimum atomic E-state index is -0.204. The van der Waals surface area contributed by atoms with Gasteiger partial charge in [-0.25, -0.2) is 0 Å². The van der Waals surface area contributed by atoms with Crippen molar-refractivity contribution in [3.8, 4) is 11.5 Å². The van der Waals surface area contributed by atoms with Gasteiger partial charge in [0.2, 0.25) is 5.91 Å². The fraction of sp³-hybridized carbons (Fsp3) is 0.278. The number of carbonyl (C=O) groups excluding carboxylic acids is 1. The van der Waals surface area contributed by atoms with E-state index in [-0.39, 0.29) is 11.9 Å². The first-order valence-electron chi connectivity index (χ1n) is 7.30. The Balaban J connectivity index is 2.03. The van der Waals surface area contributed by atoms with E-state index in [4.69, 9.17) is 13.9 Å². The van der Waals surface area contributed by atoms with Crippen molar-refractivity contribution in [2.45, 2.75) is 19.9 Å². The monoisotopic (exact) mass is 315 g/mol. The molecule has 1 N–H and O–H groups in total. The van der Waals surface area contributed by atoms with E-state index in [1.54, 1.807) is 26.4 Å². The van der Waals surface area contributed by atoms with Crippen LogP contribution in [0.3, 0.4) is 0 Å². The molecule has 0 saturated heterocycles. The van der Waals surface area contributed by atoms with Crippen LogP contribution in [-0.2, 0) is 4.79 Å². The molecule has 1 atom stereocenters. The number of carbonyl (C=O) groups is 1. The number of hydrogen-bond donors (Lipinski definition) is 1. The quantitative estimate of drug-likeness (QED) is 0.829. The van der Waals surface area contributed by atoms with Crippen molar-refractivity contribution in [2.24, 2.45) is 0 Å². The van der Waals surface area contributed by atoms with Gasteiger partial charge >= 0.3 is 0 Å². The summed E-state index contributed by atoms with van der Waals surface area (Å²) in [5, 5.41) is 2.85. The van der Waals surface area contributed by atoms with Crippen LogP contribution in [-0.4, -0.2) is 20.1 Å². The number of amides is 1. The van der Waals surface area contributed by atoms with Crippen LogP contribution in [0.15, 0.2) is 40.8 Å². The molecule has 1 aromatic heterocycles. The molecular weight excluding hydrogens is 294 g/mol. The lowest BCUT2D eigenvalue weighted by atomic mass is 10.1. The van der Waals surface area contributed by atoms with Crippen molar-refractivity contribution in [1.82, 2.24) is 5.32 Å². The minimum absolute atomic E-state index is 0.196. The van der Waals surface area contributed by atoms with E-state index in [1.165, 1.54) is 6.08 Å². The molecule has 0 aliphatic heterocycles. The lowest BCUT2D eigenvalue weighted by Crippen LogP contribution is -2.24. The molecule has 1 aromatic carbocycles. The van der Waals surface area contributed by atoms with Crippen LogP contribution in [0.5, 0.6) is 11.5 Å². The maximum absolute atomic E-state index is 12.0. The van der Waals surface area contributed by atoms with Crippen molar-refractivity contribution < 1.29 is 18.7 Å². The normalized spacial score (nSPS) is 12.2. The van der Waals surface area contributed by atoms with Gasteiger partial charge in [0, 0.05) is 17.7 Å². The smallest absolute Gasteiger partial charge is 0.244 e. The number of ether oxygens (including phenoxy) is 2. The zero-order valence-corrected chi connectivity index (χ0v) is 13.8. The molecule has 5 nitrogen and oxygen atoms in total. The summed E-state index contributed by atoms with van der Waals surface area (Å²) < 4.78 is 15.9. The van der Waals surface area contributed by atoms with Gasteiger partial charge in [-0.05, 0) is 44.2 Å². The van der Waals surface area contributed by atoms with Gasteiger partial charge in [-0.2, -0.15) is 0 Å². The number of rotatable bonds is 6. The Hall–Kier alpha value is -2.69. The average molecular weight is 315 g/mol. The zero-order valence-electron chi connectivity index (χ0n) is 13.8. The largest absolute Gasteiger partial charge is 0.497 e. The first kappa shape index (κ1) is 16.7. The molecular formula is C18H21NO4. The lowest BCUT2D eigenvalue weighted by molar-refractivity contribution is -0.117. The number of furan rings is 1. The van der Waals surface area contributed by atoms with Gasteiger partial charge in [0.25, 0.3) is 0 Å². The second kappa shape index (κ2) is 7.54. The van der Waals surface area contributed by atoms with Crippen LogP contribution in [0.1, 0.15) is 30.0 Å². The summed E-state index contributed by atoms with van der Waals surface area (Å²) in [5.74, 6) is 2.68. The van der Waals surface area contributed by atoms with Crippen molar-refractivity contribution in [2.75, 3.05) is 14.2 Å². The molecule has 2 aromatic rings. The highest BCUT2D eigenvalue weighted by molar-refractivity contribution is 5.92. The van der Waals surface area contributed by atoms with Gasteiger partial charge in [-0.3, -0.25) is 4.79 Å². The van der Waals surface area contributed by atoms with E-state index in [0.29, 0.717) is 11.5 Å². The number of methoxy groups -OCH3 is 2. The Morgan fingerprint density at radius 1 is 1.22 bits per heavy atom. The minimum Gasteiger partial charge on any atom is -0.497 e. The van der Waals surface area contributed by atoms with Gasteiger partial charge in [-0.15, -0.1) is 0 Å².